The van der Waals surface area contributed by atoms with E-state index in [-0.39, 0.29) is 11.4 Å². The Balaban J connectivity index is 1.55. The molecule has 27 heavy (non-hydrogen) atoms. The Kier molecular flexibility index (Phi) is 5.33. The normalized spacial score (nSPS) is 18.5. The van der Waals surface area contributed by atoms with E-state index in [0.717, 1.165) is 36.5 Å². The molecule has 1 aliphatic carbocycles. The highest BCUT2D eigenvalue weighted by Crippen LogP contribution is 2.31. The molecular weight excluding hydrogens is 365 g/mol. The second kappa shape index (κ2) is 7.72. The van der Waals surface area contributed by atoms with E-state index >= 15 is 0 Å². The van der Waals surface area contributed by atoms with Gasteiger partial charge in [0.05, 0.1) is 16.3 Å². The van der Waals surface area contributed by atoms with Crippen LogP contribution >= 0.6 is 11.6 Å². The fourth-order valence-electron chi connectivity index (χ4n) is 4.29. The number of aromatic amines is 1. The summed E-state index contributed by atoms with van der Waals surface area (Å²) >= 11 is 6.31. The van der Waals surface area contributed by atoms with E-state index in [1.165, 1.54) is 25.3 Å². The molecule has 0 radical (unpaired) electrons. The molecule has 4 rings (SSSR count). The molecule has 0 bridgehead atoms. The van der Waals surface area contributed by atoms with Gasteiger partial charge in [-0.3, -0.25) is 9.69 Å². The summed E-state index contributed by atoms with van der Waals surface area (Å²) in [7, 11) is 0. The van der Waals surface area contributed by atoms with Gasteiger partial charge >= 0.3 is 0 Å². The molecule has 1 N–H and O–H groups in total. The van der Waals surface area contributed by atoms with Crippen LogP contribution in [0.25, 0.3) is 0 Å². The molecule has 1 aromatic heterocycles. The number of nitrogens with one attached hydrogen (secondary N) is 1. The van der Waals surface area contributed by atoms with Crippen LogP contribution in [0.5, 0.6) is 0 Å². The molecule has 1 aromatic carbocycles. The number of hydrogen-bond donors (Lipinski definition) is 1. The van der Waals surface area contributed by atoms with Gasteiger partial charge in [-0.25, -0.2) is 9.37 Å². The minimum Gasteiger partial charge on any atom is -0.310 e. The molecule has 2 heterocycles. The van der Waals surface area contributed by atoms with Crippen molar-refractivity contribution < 1.29 is 4.39 Å². The van der Waals surface area contributed by atoms with Gasteiger partial charge in [-0.15, -0.1) is 0 Å². The molecule has 2 aliphatic rings. The molecule has 1 aliphatic heterocycles. The van der Waals surface area contributed by atoms with E-state index in [2.05, 4.69) is 9.88 Å². The smallest absolute Gasteiger partial charge is 0.255 e. The van der Waals surface area contributed by atoms with Gasteiger partial charge in [0.15, 0.2) is 0 Å². The number of benzene rings is 1. The molecule has 0 spiro atoms. The monoisotopic (exact) mass is 389 g/mol. The Morgan fingerprint density at radius 1 is 1.30 bits per heavy atom. The highest BCUT2D eigenvalue weighted by molar-refractivity contribution is 6.32. The number of nitrogens with zero attached hydrogens (tertiary/aromatic N) is 2. The summed E-state index contributed by atoms with van der Waals surface area (Å²) < 4.78 is 14.2. The van der Waals surface area contributed by atoms with Crippen molar-refractivity contribution in [3.63, 3.8) is 0 Å². The van der Waals surface area contributed by atoms with Gasteiger partial charge in [0, 0.05) is 37.5 Å². The molecule has 144 valence electrons. The average molecular weight is 390 g/mol. The summed E-state index contributed by atoms with van der Waals surface area (Å²) in [6, 6.07) is 3.15. The summed E-state index contributed by atoms with van der Waals surface area (Å²) in [6.45, 7) is 3.50. The Labute approximate surface area is 163 Å². The van der Waals surface area contributed by atoms with Crippen LogP contribution in [-0.4, -0.2) is 21.4 Å². The van der Waals surface area contributed by atoms with Crippen molar-refractivity contribution >= 4 is 11.6 Å². The van der Waals surface area contributed by atoms with E-state index in [4.69, 9.17) is 16.6 Å². The molecule has 2 aromatic rings. The summed E-state index contributed by atoms with van der Waals surface area (Å²) in [5, 5.41) is 0.473. The number of halogens is 2. The Morgan fingerprint density at radius 2 is 2.07 bits per heavy atom. The number of aryl methyl sites for hydroxylation is 1. The lowest BCUT2D eigenvalue weighted by Crippen LogP contribution is -2.36. The van der Waals surface area contributed by atoms with E-state index in [1.807, 2.05) is 6.92 Å². The molecule has 1 saturated carbocycles. The van der Waals surface area contributed by atoms with Crippen LogP contribution in [0.4, 0.5) is 4.39 Å². The summed E-state index contributed by atoms with van der Waals surface area (Å²) in [6.07, 6.45) is 6.63. The molecule has 4 nitrogen and oxygen atoms in total. The molecule has 0 saturated heterocycles. The first-order valence-electron chi connectivity index (χ1n) is 9.80. The highest BCUT2D eigenvalue weighted by atomic mass is 35.5. The zero-order valence-corrected chi connectivity index (χ0v) is 16.4. The maximum Gasteiger partial charge on any atom is 0.255 e. The Hall–Kier alpha value is -1.72. The van der Waals surface area contributed by atoms with Crippen molar-refractivity contribution in [3.05, 3.63) is 61.5 Å². The Morgan fingerprint density at radius 3 is 2.85 bits per heavy atom. The van der Waals surface area contributed by atoms with Gasteiger partial charge in [-0.1, -0.05) is 36.9 Å². The first-order valence-corrected chi connectivity index (χ1v) is 10.2. The Bertz CT molecular complexity index is 905. The van der Waals surface area contributed by atoms with Crippen molar-refractivity contribution in [3.8, 4) is 0 Å². The van der Waals surface area contributed by atoms with E-state index < -0.39 is 0 Å². The van der Waals surface area contributed by atoms with Gasteiger partial charge in [-0.05, 0) is 31.4 Å². The van der Waals surface area contributed by atoms with Gasteiger partial charge in [0.2, 0.25) is 0 Å². The second-order valence-electron chi connectivity index (χ2n) is 7.83. The van der Waals surface area contributed by atoms with Crippen molar-refractivity contribution in [2.45, 2.75) is 64.5 Å². The zero-order valence-electron chi connectivity index (χ0n) is 15.7. The third-order valence-corrected chi connectivity index (χ3v) is 6.44. The van der Waals surface area contributed by atoms with Crippen molar-refractivity contribution in [2.24, 2.45) is 0 Å². The van der Waals surface area contributed by atoms with E-state index in [0.29, 0.717) is 41.6 Å². The van der Waals surface area contributed by atoms with Gasteiger partial charge < -0.3 is 4.98 Å². The highest BCUT2D eigenvalue weighted by Gasteiger charge is 2.25. The SMILES string of the molecule is Cc1ccc(F)c(CN2CCc3nc(C4CCCCC4)[nH]c(=O)c3C2)c1Cl. The van der Waals surface area contributed by atoms with Crippen LogP contribution in [-0.2, 0) is 19.5 Å². The summed E-state index contributed by atoms with van der Waals surface area (Å²) in [5.74, 6) is 0.950. The third-order valence-electron chi connectivity index (χ3n) is 5.92. The van der Waals surface area contributed by atoms with Crippen LogP contribution in [0.3, 0.4) is 0 Å². The number of rotatable bonds is 3. The minimum atomic E-state index is -0.295. The minimum absolute atomic E-state index is 0.0407. The van der Waals surface area contributed by atoms with Gasteiger partial charge in [0.1, 0.15) is 11.6 Å². The fraction of sp³-hybridized carbons (Fsp3) is 0.524. The van der Waals surface area contributed by atoms with Crippen LogP contribution in [0, 0.1) is 12.7 Å². The molecular formula is C21H25ClFN3O. The standard InChI is InChI=1S/C21H25ClFN3O/c1-13-7-8-17(23)15(19(13)22)11-26-10-9-18-16(12-26)21(27)25-20(24-18)14-5-3-2-4-6-14/h7-8,14H,2-6,9-12H2,1H3,(H,24,25,27). The zero-order chi connectivity index (χ0) is 19.0. The fourth-order valence-corrected chi connectivity index (χ4v) is 4.50. The maximum atomic E-state index is 14.2. The lowest BCUT2D eigenvalue weighted by atomic mass is 9.88. The van der Waals surface area contributed by atoms with Gasteiger partial charge in [0.25, 0.3) is 5.56 Å². The van der Waals surface area contributed by atoms with Crippen molar-refractivity contribution in [2.75, 3.05) is 6.54 Å². The first-order chi connectivity index (χ1) is 13.0. The lowest BCUT2D eigenvalue weighted by Gasteiger charge is -2.29. The number of hydrogen-bond acceptors (Lipinski definition) is 3. The summed E-state index contributed by atoms with van der Waals surface area (Å²) in [4.78, 5) is 22.6. The molecule has 0 unspecified atom stereocenters. The molecule has 6 heteroatoms. The maximum absolute atomic E-state index is 14.2. The van der Waals surface area contributed by atoms with Crippen LogP contribution < -0.4 is 5.56 Å². The first kappa shape index (κ1) is 18.6. The topological polar surface area (TPSA) is 49.0 Å². The van der Waals surface area contributed by atoms with Crippen LogP contribution in [0.2, 0.25) is 5.02 Å². The molecule has 1 fully saturated rings. The largest absolute Gasteiger partial charge is 0.310 e. The second-order valence-corrected chi connectivity index (χ2v) is 8.21. The molecule has 0 atom stereocenters. The van der Waals surface area contributed by atoms with Crippen molar-refractivity contribution in [1.82, 2.24) is 14.9 Å². The number of aromatic nitrogens is 2. The van der Waals surface area contributed by atoms with Crippen LogP contribution in [0.15, 0.2) is 16.9 Å². The lowest BCUT2D eigenvalue weighted by molar-refractivity contribution is 0.238. The molecule has 0 amide bonds. The van der Waals surface area contributed by atoms with E-state index in [1.54, 1.807) is 6.07 Å². The summed E-state index contributed by atoms with van der Waals surface area (Å²) in [5.41, 5.74) is 2.95. The predicted octanol–water partition coefficient (Wildman–Crippen LogP) is 4.48. The predicted molar refractivity (Wildman–Crippen MR) is 105 cm³/mol. The third kappa shape index (κ3) is 3.81. The quantitative estimate of drug-likeness (QED) is 0.842. The number of H-pyrrole nitrogens is 1. The van der Waals surface area contributed by atoms with E-state index in [9.17, 15) is 9.18 Å². The number of fused-ring (bicyclic) bond motifs is 1. The average Bonchev–Trinajstić information content (AvgIpc) is 2.69. The van der Waals surface area contributed by atoms with Crippen LogP contribution in [0.1, 0.15) is 66.2 Å². The van der Waals surface area contributed by atoms with Gasteiger partial charge in [-0.2, -0.15) is 0 Å². The van der Waals surface area contributed by atoms with Crippen molar-refractivity contribution in [1.29, 1.82) is 0 Å².